The van der Waals surface area contributed by atoms with Crippen LogP contribution in [0, 0.1) is 6.92 Å². The van der Waals surface area contributed by atoms with Crippen LogP contribution in [0.4, 0.5) is 0 Å². The number of hydrogen-bond donors (Lipinski definition) is 0. The smallest absolute Gasteiger partial charge is 0.246 e. The Labute approximate surface area is 157 Å². The second-order valence-corrected chi connectivity index (χ2v) is 9.75. The van der Waals surface area contributed by atoms with Crippen molar-refractivity contribution in [2.45, 2.75) is 18.4 Å². The van der Waals surface area contributed by atoms with E-state index in [4.69, 9.17) is 16.3 Å². The summed E-state index contributed by atoms with van der Waals surface area (Å²) in [6, 6.07) is 9.15. The first-order valence-electron chi connectivity index (χ1n) is 8.01. The molecule has 0 amide bonds. The lowest BCUT2D eigenvalue weighted by Crippen LogP contribution is -2.48. The average Bonchev–Trinajstić information content (AvgIpc) is 3.00. The van der Waals surface area contributed by atoms with Gasteiger partial charge in [-0.3, -0.25) is 4.90 Å². The van der Waals surface area contributed by atoms with Crippen LogP contribution < -0.4 is 4.74 Å². The Hall–Kier alpha value is -1.12. The molecule has 5 nitrogen and oxygen atoms in total. The fourth-order valence-electron chi connectivity index (χ4n) is 2.91. The molecule has 1 fully saturated rings. The molecule has 3 rings (SSSR count). The Balaban J connectivity index is 1.70. The van der Waals surface area contributed by atoms with Crippen molar-refractivity contribution in [2.24, 2.45) is 0 Å². The highest BCUT2D eigenvalue weighted by Crippen LogP contribution is 2.29. The normalized spacial score (nSPS) is 16.9. The van der Waals surface area contributed by atoms with Gasteiger partial charge in [-0.1, -0.05) is 17.7 Å². The monoisotopic (exact) mass is 400 g/mol. The summed E-state index contributed by atoms with van der Waals surface area (Å²) in [4.78, 5) is 3.69. The molecule has 0 saturated carbocycles. The van der Waals surface area contributed by atoms with Gasteiger partial charge in [0.2, 0.25) is 10.0 Å². The maximum absolute atomic E-state index is 13.0. The minimum atomic E-state index is -3.56. The highest BCUT2D eigenvalue weighted by Gasteiger charge is 2.31. The maximum Gasteiger partial charge on any atom is 0.246 e. The van der Waals surface area contributed by atoms with E-state index in [2.05, 4.69) is 4.90 Å². The molecule has 0 radical (unpaired) electrons. The minimum absolute atomic E-state index is 0.244. The molecule has 136 valence electrons. The van der Waals surface area contributed by atoms with E-state index in [-0.39, 0.29) is 4.90 Å². The van der Waals surface area contributed by atoms with Crippen LogP contribution in [-0.2, 0) is 16.6 Å². The summed E-state index contributed by atoms with van der Waals surface area (Å²) in [5, 5.41) is 0. The molecule has 1 aromatic heterocycles. The van der Waals surface area contributed by atoms with Crippen LogP contribution in [0.1, 0.15) is 10.4 Å². The van der Waals surface area contributed by atoms with Crippen molar-refractivity contribution in [3.8, 4) is 5.75 Å². The zero-order chi connectivity index (χ0) is 18.0. The van der Waals surface area contributed by atoms with Crippen LogP contribution in [0.25, 0.3) is 0 Å². The van der Waals surface area contributed by atoms with Crippen LogP contribution in [-0.4, -0.2) is 50.9 Å². The van der Waals surface area contributed by atoms with Crippen molar-refractivity contribution >= 4 is 33.0 Å². The van der Waals surface area contributed by atoms with Gasteiger partial charge in [0.25, 0.3) is 0 Å². The Morgan fingerprint density at radius 2 is 1.88 bits per heavy atom. The largest absolute Gasteiger partial charge is 0.495 e. The molecule has 1 aliphatic heterocycles. The molecule has 2 heterocycles. The quantitative estimate of drug-likeness (QED) is 0.773. The van der Waals surface area contributed by atoms with Crippen molar-refractivity contribution in [1.29, 1.82) is 0 Å². The highest BCUT2D eigenvalue weighted by molar-refractivity contribution is 7.89. The maximum atomic E-state index is 13.0. The van der Waals surface area contributed by atoms with E-state index in [1.165, 1.54) is 12.0 Å². The van der Waals surface area contributed by atoms with Gasteiger partial charge in [0.15, 0.2) is 0 Å². The number of nitrogens with zero attached hydrogens (tertiary/aromatic N) is 2. The second kappa shape index (κ2) is 7.63. The average molecular weight is 401 g/mol. The molecule has 2 aromatic rings. The number of benzene rings is 1. The molecule has 8 heteroatoms. The molecule has 1 saturated heterocycles. The van der Waals surface area contributed by atoms with Crippen LogP contribution >= 0.6 is 22.9 Å². The fraction of sp³-hybridized carbons (Fsp3) is 0.412. The first-order chi connectivity index (χ1) is 11.9. The Morgan fingerprint density at radius 1 is 1.16 bits per heavy atom. The van der Waals surface area contributed by atoms with Gasteiger partial charge in [0.1, 0.15) is 10.6 Å². The third-order valence-electron chi connectivity index (χ3n) is 4.28. The van der Waals surface area contributed by atoms with Crippen molar-refractivity contribution in [3.63, 3.8) is 0 Å². The summed E-state index contributed by atoms with van der Waals surface area (Å²) >= 11 is 7.54. The molecule has 0 aliphatic carbocycles. The Morgan fingerprint density at radius 3 is 2.48 bits per heavy atom. The lowest BCUT2D eigenvalue weighted by molar-refractivity contribution is 0.182. The van der Waals surface area contributed by atoms with Gasteiger partial charge in [-0.25, -0.2) is 8.42 Å². The summed E-state index contributed by atoms with van der Waals surface area (Å²) in [5.41, 5.74) is 0.896. The Kier molecular flexibility index (Phi) is 5.70. The van der Waals surface area contributed by atoms with Crippen molar-refractivity contribution in [1.82, 2.24) is 9.21 Å². The topological polar surface area (TPSA) is 49.9 Å². The first-order valence-corrected chi connectivity index (χ1v) is 10.6. The van der Waals surface area contributed by atoms with Crippen LogP contribution in [0.5, 0.6) is 5.75 Å². The SMILES string of the molecule is COc1ccc(C)cc1S(=O)(=O)N1CCN(Cc2ccc(Cl)s2)CC1. The molecular formula is C17H21ClN2O3S2. The molecule has 0 bridgehead atoms. The number of aryl methyl sites for hydroxylation is 1. The first kappa shape index (κ1) is 18.7. The number of ether oxygens (including phenoxy) is 1. The standard InChI is InChI=1S/C17H21ClN2O3S2/c1-13-3-5-15(23-2)16(11-13)25(21,22)20-9-7-19(8-10-20)12-14-4-6-17(18)24-14/h3-6,11H,7-10,12H2,1-2H3. The van der Waals surface area contributed by atoms with E-state index in [1.54, 1.807) is 27.8 Å². The molecule has 0 atom stereocenters. The number of methoxy groups -OCH3 is 1. The van der Waals surface area contributed by atoms with E-state index in [1.807, 2.05) is 25.1 Å². The van der Waals surface area contributed by atoms with E-state index >= 15 is 0 Å². The predicted molar refractivity (Wildman–Crippen MR) is 101 cm³/mol. The number of sulfonamides is 1. The number of halogens is 1. The van der Waals surface area contributed by atoms with Crippen LogP contribution in [0.15, 0.2) is 35.2 Å². The third kappa shape index (κ3) is 4.17. The summed E-state index contributed by atoms with van der Waals surface area (Å²) in [5.74, 6) is 0.390. The molecular weight excluding hydrogens is 380 g/mol. The Bertz CT molecular complexity index is 843. The molecule has 0 N–H and O–H groups in total. The van der Waals surface area contributed by atoms with Crippen molar-refractivity contribution in [2.75, 3.05) is 33.3 Å². The van der Waals surface area contributed by atoms with Gasteiger partial charge in [0, 0.05) is 37.6 Å². The lowest BCUT2D eigenvalue weighted by atomic mass is 10.2. The van der Waals surface area contributed by atoms with Gasteiger partial charge in [0.05, 0.1) is 11.4 Å². The molecule has 1 aromatic carbocycles. The molecule has 0 unspecified atom stereocenters. The van der Waals surface area contributed by atoms with E-state index in [9.17, 15) is 8.42 Å². The summed E-state index contributed by atoms with van der Waals surface area (Å²) in [7, 11) is -2.06. The summed E-state index contributed by atoms with van der Waals surface area (Å²) < 4.78 is 33.6. The number of piperazine rings is 1. The lowest BCUT2D eigenvalue weighted by Gasteiger charge is -2.34. The van der Waals surface area contributed by atoms with Gasteiger partial charge < -0.3 is 4.74 Å². The number of thiophene rings is 1. The number of hydrogen-bond acceptors (Lipinski definition) is 5. The zero-order valence-corrected chi connectivity index (χ0v) is 16.6. The molecule has 25 heavy (non-hydrogen) atoms. The van der Waals surface area contributed by atoms with Crippen molar-refractivity contribution < 1.29 is 13.2 Å². The molecule has 1 aliphatic rings. The fourth-order valence-corrected chi connectivity index (χ4v) is 5.70. The van der Waals surface area contributed by atoms with Gasteiger partial charge in [-0.05, 0) is 36.8 Å². The third-order valence-corrected chi connectivity index (χ3v) is 7.41. The van der Waals surface area contributed by atoms with E-state index in [0.717, 1.165) is 16.4 Å². The predicted octanol–water partition coefficient (Wildman–Crippen LogP) is 3.23. The van der Waals surface area contributed by atoms with E-state index < -0.39 is 10.0 Å². The summed E-state index contributed by atoms with van der Waals surface area (Å²) in [6.07, 6.45) is 0. The molecule has 0 spiro atoms. The van der Waals surface area contributed by atoms with Crippen LogP contribution in [0.3, 0.4) is 0 Å². The number of rotatable bonds is 5. The second-order valence-electron chi connectivity index (χ2n) is 6.04. The van der Waals surface area contributed by atoms with Crippen LogP contribution in [0.2, 0.25) is 4.34 Å². The minimum Gasteiger partial charge on any atom is -0.495 e. The zero-order valence-electron chi connectivity index (χ0n) is 14.2. The summed E-state index contributed by atoms with van der Waals surface area (Å²) in [6.45, 7) is 5.02. The highest BCUT2D eigenvalue weighted by atomic mass is 35.5. The van der Waals surface area contributed by atoms with E-state index in [0.29, 0.717) is 31.9 Å². The van der Waals surface area contributed by atoms with Gasteiger partial charge in [-0.15, -0.1) is 11.3 Å². The van der Waals surface area contributed by atoms with Gasteiger partial charge in [-0.2, -0.15) is 4.31 Å². The van der Waals surface area contributed by atoms with Gasteiger partial charge >= 0.3 is 0 Å². The van der Waals surface area contributed by atoms with Crippen molar-refractivity contribution in [3.05, 3.63) is 45.1 Å².